The molecule has 1 atom stereocenters. The van der Waals surface area contributed by atoms with Crippen LogP contribution in [-0.2, 0) is 4.74 Å². The number of aliphatic hydroxyl groups is 1. The monoisotopic (exact) mass is 200 g/mol. The van der Waals surface area contributed by atoms with Crippen LogP contribution >= 0.6 is 0 Å². The summed E-state index contributed by atoms with van der Waals surface area (Å²) in [6.45, 7) is 1.96. The molecule has 13 heavy (non-hydrogen) atoms. The summed E-state index contributed by atoms with van der Waals surface area (Å²) < 4.78 is 39.1. The Morgan fingerprint density at radius 1 is 1.23 bits per heavy atom. The van der Waals surface area contributed by atoms with Crippen LogP contribution in [0.15, 0.2) is 0 Å². The number of ether oxygens (including phenoxy) is 1. The number of hydrogen-bond acceptors (Lipinski definition) is 2. The summed E-state index contributed by atoms with van der Waals surface area (Å²) in [4.78, 5) is 0. The molecule has 0 heterocycles. The van der Waals surface area contributed by atoms with Crippen molar-refractivity contribution in [2.75, 3.05) is 6.61 Å². The van der Waals surface area contributed by atoms with E-state index in [9.17, 15) is 13.2 Å². The van der Waals surface area contributed by atoms with Gasteiger partial charge in [0.2, 0.25) is 0 Å². The molecule has 2 nitrogen and oxygen atoms in total. The Morgan fingerprint density at radius 3 is 2.31 bits per heavy atom. The van der Waals surface area contributed by atoms with Crippen LogP contribution in [0.1, 0.15) is 32.6 Å². The summed E-state index contributed by atoms with van der Waals surface area (Å²) in [5.74, 6) is 0. The van der Waals surface area contributed by atoms with Gasteiger partial charge in [0.15, 0.2) is 0 Å². The fourth-order valence-electron chi connectivity index (χ4n) is 0.818. The van der Waals surface area contributed by atoms with Crippen molar-refractivity contribution in [3.63, 3.8) is 0 Å². The van der Waals surface area contributed by atoms with Gasteiger partial charge in [-0.1, -0.05) is 26.2 Å². The average Bonchev–Trinajstić information content (AvgIpc) is 2.02. The Hall–Kier alpha value is -0.290. The molecule has 0 amide bonds. The summed E-state index contributed by atoms with van der Waals surface area (Å²) in [7, 11) is 0. The number of hydrogen-bond donors (Lipinski definition) is 1. The van der Waals surface area contributed by atoms with Gasteiger partial charge in [-0.3, -0.25) is 0 Å². The van der Waals surface area contributed by atoms with Gasteiger partial charge in [0.05, 0.1) is 6.61 Å². The molecule has 0 radical (unpaired) electrons. The van der Waals surface area contributed by atoms with Crippen molar-refractivity contribution in [3.8, 4) is 0 Å². The lowest BCUT2D eigenvalue weighted by Gasteiger charge is -2.14. The third-order valence-electron chi connectivity index (χ3n) is 1.55. The van der Waals surface area contributed by atoms with Gasteiger partial charge in [0.25, 0.3) is 6.29 Å². The van der Waals surface area contributed by atoms with Crippen LogP contribution in [0.25, 0.3) is 0 Å². The Bertz CT molecular complexity index is 125. The van der Waals surface area contributed by atoms with Crippen molar-refractivity contribution in [1.29, 1.82) is 0 Å². The van der Waals surface area contributed by atoms with Gasteiger partial charge in [0, 0.05) is 0 Å². The molecule has 0 aliphatic heterocycles. The highest BCUT2D eigenvalue weighted by Gasteiger charge is 2.39. The average molecular weight is 200 g/mol. The zero-order valence-corrected chi connectivity index (χ0v) is 7.60. The Kier molecular flexibility index (Phi) is 6.07. The highest BCUT2D eigenvalue weighted by atomic mass is 19.4. The summed E-state index contributed by atoms with van der Waals surface area (Å²) in [6, 6.07) is 0. The standard InChI is InChI=1S/C8H15F3O2/c1-2-3-4-5-6-13-7(12)8(9,10)11/h7,12H,2-6H2,1H3. The van der Waals surface area contributed by atoms with E-state index in [4.69, 9.17) is 5.11 Å². The lowest BCUT2D eigenvalue weighted by atomic mass is 10.2. The van der Waals surface area contributed by atoms with E-state index in [1.54, 1.807) is 0 Å². The van der Waals surface area contributed by atoms with Crippen LogP contribution in [0.4, 0.5) is 13.2 Å². The molecule has 0 rings (SSSR count). The minimum absolute atomic E-state index is 0.0410. The van der Waals surface area contributed by atoms with Crippen molar-refractivity contribution in [3.05, 3.63) is 0 Å². The molecule has 0 spiro atoms. The molecule has 0 aromatic carbocycles. The van der Waals surface area contributed by atoms with Crippen LogP contribution in [0.3, 0.4) is 0 Å². The van der Waals surface area contributed by atoms with Gasteiger partial charge in [-0.05, 0) is 6.42 Å². The van der Waals surface area contributed by atoms with Gasteiger partial charge in [-0.15, -0.1) is 0 Å². The van der Waals surface area contributed by atoms with E-state index >= 15 is 0 Å². The first-order valence-corrected chi connectivity index (χ1v) is 4.35. The van der Waals surface area contributed by atoms with Crippen molar-refractivity contribution in [2.24, 2.45) is 0 Å². The van der Waals surface area contributed by atoms with Crippen molar-refractivity contribution >= 4 is 0 Å². The van der Waals surface area contributed by atoms with Crippen molar-refractivity contribution < 1.29 is 23.0 Å². The molecule has 1 unspecified atom stereocenters. The van der Waals surface area contributed by atoms with Crippen LogP contribution in [0.2, 0.25) is 0 Å². The minimum Gasteiger partial charge on any atom is -0.361 e. The zero-order chi connectivity index (χ0) is 10.3. The third-order valence-corrected chi connectivity index (χ3v) is 1.55. The molecule has 0 aromatic rings. The molecular weight excluding hydrogens is 185 g/mol. The quantitative estimate of drug-likeness (QED) is 0.527. The lowest BCUT2D eigenvalue weighted by Crippen LogP contribution is -2.31. The summed E-state index contributed by atoms with van der Waals surface area (Å²) in [6.07, 6.45) is -3.91. The minimum atomic E-state index is -4.66. The second-order valence-electron chi connectivity index (χ2n) is 2.83. The highest BCUT2D eigenvalue weighted by molar-refractivity contribution is 4.53. The van der Waals surface area contributed by atoms with Gasteiger partial charge in [-0.2, -0.15) is 13.2 Å². The summed E-state index contributed by atoms with van der Waals surface area (Å²) >= 11 is 0. The van der Waals surface area contributed by atoms with E-state index in [0.29, 0.717) is 6.42 Å². The molecule has 80 valence electrons. The molecule has 0 aromatic heterocycles. The van der Waals surface area contributed by atoms with Crippen molar-refractivity contribution in [1.82, 2.24) is 0 Å². The lowest BCUT2D eigenvalue weighted by molar-refractivity contribution is -0.293. The Morgan fingerprint density at radius 2 is 1.85 bits per heavy atom. The van der Waals surface area contributed by atoms with E-state index in [1.165, 1.54) is 0 Å². The second-order valence-corrected chi connectivity index (χ2v) is 2.83. The first-order valence-electron chi connectivity index (χ1n) is 4.35. The molecule has 0 aliphatic carbocycles. The number of unbranched alkanes of at least 4 members (excludes halogenated alkanes) is 3. The third kappa shape index (κ3) is 6.83. The predicted octanol–water partition coefficient (Wildman–Crippen LogP) is 2.46. The molecule has 5 heteroatoms. The van der Waals surface area contributed by atoms with Crippen LogP contribution in [-0.4, -0.2) is 24.2 Å². The highest BCUT2D eigenvalue weighted by Crippen LogP contribution is 2.20. The molecule has 0 saturated heterocycles. The van der Waals surface area contributed by atoms with Gasteiger partial charge in [-0.25, -0.2) is 0 Å². The van der Waals surface area contributed by atoms with E-state index in [-0.39, 0.29) is 6.61 Å². The SMILES string of the molecule is CCCCCCOC(O)C(F)(F)F. The van der Waals surface area contributed by atoms with E-state index in [2.05, 4.69) is 4.74 Å². The Balaban J connectivity index is 3.32. The first-order chi connectivity index (χ1) is 5.98. The number of rotatable bonds is 6. The topological polar surface area (TPSA) is 29.5 Å². The predicted molar refractivity (Wildman–Crippen MR) is 42.2 cm³/mol. The first kappa shape index (κ1) is 12.7. The molecule has 0 bridgehead atoms. The zero-order valence-electron chi connectivity index (χ0n) is 7.60. The maximum absolute atomic E-state index is 11.6. The smallest absolute Gasteiger partial charge is 0.361 e. The van der Waals surface area contributed by atoms with E-state index in [1.807, 2.05) is 6.92 Å². The fourth-order valence-corrected chi connectivity index (χ4v) is 0.818. The number of alkyl halides is 3. The summed E-state index contributed by atoms with van der Waals surface area (Å²) in [5.41, 5.74) is 0. The van der Waals surface area contributed by atoms with Gasteiger partial charge >= 0.3 is 6.18 Å². The maximum atomic E-state index is 11.6. The van der Waals surface area contributed by atoms with Gasteiger partial charge < -0.3 is 9.84 Å². The van der Waals surface area contributed by atoms with Crippen molar-refractivity contribution in [2.45, 2.75) is 45.1 Å². The molecule has 0 fully saturated rings. The largest absolute Gasteiger partial charge is 0.439 e. The molecule has 0 aliphatic rings. The molecule has 0 saturated carbocycles. The fraction of sp³-hybridized carbons (Fsp3) is 1.00. The maximum Gasteiger partial charge on any atom is 0.439 e. The van der Waals surface area contributed by atoms with E-state index in [0.717, 1.165) is 19.3 Å². The van der Waals surface area contributed by atoms with Crippen LogP contribution in [0.5, 0.6) is 0 Å². The Labute approximate surface area is 75.7 Å². The van der Waals surface area contributed by atoms with Crippen LogP contribution in [0, 0.1) is 0 Å². The normalized spacial score (nSPS) is 14.5. The molecular formula is C8H15F3O2. The number of halogens is 3. The van der Waals surface area contributed by atoms with Crippen LogP contribution < -0.4 is 0 Å². The number of aliphatic hydroxyl groups excluding tert-OH is 1. The van der Waals surface area contributed by atoms with Gasteiger partial charge in [0.1, 0.15) is 0 Å². The van der Waals surface area contributed by atoms with E-state index < -0.39 is 12.5 Å². The summed E-state index contributed by atoms with van der Waals surface area (Å²) in [5, 5.41) is 8.40. The second kappa shape index (κ2) is 6.21. The molecule has 1 N–H and O–H groups in total.